The maximum atomic E-state index is 13.1. The van der Waals surface area contributed by atoms with E-state index in [0.29, 0.717) is 16.3 Å². The molecule has 2 unspecified atom stereocenters. The van der Waals surface area contributed by atoms with E-state index in [1.165, 1.54) is 16.8 Å². The van der Waals surface area contributed by atoms with Crippen LogP contribution in [0.1, 0.15) is 49.3 Å². The summed E-state index contributed by atoms with van der Waals surface area (Å²) in [6.07, 6.45) is -1.15. The molecule has 0 fully saturated rings. The molecule has 0 saturated carbocycles. The van der Waals surface area contributed by atoms with Crippen LogP contribution < -0.4 is 10.1 Å². The van der Waals surface area contributed by atoms with E-state index in [4.69, 9.17) is 27.9 Å². The number of carboxylic acids is 1. The van der Waals surface area contributed by atoms with Crippen molar-refractivity contribution < 1.29 is 24.5 Å². The number of nitrogens with zero attached hydrogens (tertiary/aromatic N) is 2. The van der Waals surface area contributed by atoms with Crippen molar-refractivity contribution in [2.24, 2.45) is 5.41 Å². The Hall–Kier alpha value is -3.07. The molecular weight excluding hydrogens is 493 g/mol. The Balaban J connectivity index is 1.91. The highest BCUT2D eigenvalue weighted by Gasteiger charge is 2.26. The molecule has 0 aliphatic rings. The lowest BCUT2D eigenvalue weighted by atomic mass is 9.90. The fourth-order valence-electron chi connectivity index (χ4n) is 3.18. The maximum absolute atomic E-state index is 13.1. The van der Waals surface area contributed by atoms with Crippen LogP contribution in [-0.4, -0.2) is 44.6 Å². The molecule has 0 spiro atoms. The Morgan fingerprint density at radius 2 is 1.80 bits per heavy atom. The molecule has 0 aliphatic heterocycles. The second-order valence-corrected chi connectivity index (χ2v) is 9.94. The van der Waals surface area contributed by atoms with Crippen molar-refractivity contribution in [1.82, 2.24) is 15.1 Å². The van der Waals surface area contributed by atoms with Gasteiger partial charge in [-0.3, -0.25) is 9.59 Å². The van der Waals surface area contributed by atoms with Crippen LogP contribution in [0.3, 0.4) is 0 Å². The number of aromatic nitrogens is 2. The van der Waals surface area contributed by atoms with Crippen LogP contribution in [0.15, 0.2) is 54.6 Å². The van der Waals surface area contributed by atoms with E-state index in [1.807, 2.05) is 39.0 Å². The van der Waals surface area contributed by atoms with Gasteiger partial charge in [0.2, 0.25) is 5.88 Å². The summed E-state index contributed by atoms with van der Waals surface area (Å²) in [6, 6.07) is 14.2. The van der Waals surface area contributed by atoms with Crippen molar-refractivity contribution in [2.75, 3.05) is 6.61 Å². The third-order valence-corrected chi connectivity index (χ3v) is 5.88. The number of carbonyl (C=O) groups excluding carboxylic acids is 1. The van der Waals surface area contributed by atoms with E-state index >= 15 is 0 Å². The molecule has 35 heavy (non-hydrogen) atoms. The number of para-hydroxylation sites is 1. The molecule has 1 amide bonds. The van der Waals surface area contributed by atoms with Gasteiger partial charge < -0.3 is 20.3 Å². The quantitative estimate of drug-likeness (QED) is 0.370. The number of hydrogen-bond acceptors (Lipinski definition) is 5. The first-order valence-corrected chi connectivity index (χ1v) is 11.6. The SMILES string of the molecule is CC(C)(C)C(O)COc1cc(C(=O)NC(CC(=O)O)c2ccc(Cl)cc2Cl)nn1-c1ccccc1. The molecular formula is C25H27Cl2N3O5. The minimum absolute atomic E-state index is 0.00882. The highest BCUT2D eigenvalue weighted by Crippen LogP contribution is 2.29. The molecule has 0 bridgehead atoms. The smallest absolute Gasteiger partial charge is 0.305 e. The van der Waals surface area contributed by atoms with Gasteiger partial charge in [-0.25, -0.2) is 4.68 Å². The molecule has 0 aliphatic carbocycles. The van der Waals surface area contributed by atoms with Gasteiger partial charge in [0.1, 0.15) is 6.61 Å². The first kappa shape index (κ1) is 26.5. The van der Waals surface area contributed by atoms with Gasteiger partial charge in [-0.05, 0) is 35.2 Å². The zero-order valence-electron chi connectivity index (χ0n) is 19.5. The van der Waals surface area contributed by atoms with Crippen LogP contribution in [0.5, 0.6) is 5.88 Å². The monoisotopic (exact) mass is 519 g/mol. The first-order valence-electron chi connectivity index (χ1n) is 10.9. The number of aliphatic hydroxyl groups excluding tert-OH is 1. The van der Waals surface area contributed by atoms with Crippen LogP contribution in [0.2, 0.25) is 10.0 Å². The molecule has 2 atom stereocenters. The number of ether oxygens (including phenoxy) is 1. The molecule has 10 heteroatoms. The first-order chi connectivity index (χ1) is 16.5. The predicted molar refractivity (Wildman–Crippen MR) is 133 cm³/mol. The fourth-order valence-corrected chi connectivity index (χ4v) is 3.72. The van der Waals surface area contributed by atoms with Crippen molar-refractivity contribution in [3.05, 3.63) is 75.9 Å². The van der Waals surface area contributed by atoms with Crippen molar-refractivity contribution in [1.29, 1.82) is 0 Å². The third kappa shape index (κ3) is 6.97. The molecule has 8 nitrogen and oxygen atoms in total. The van der Waals surface area contributed by atoms with E-state index < -0.39 is 35.9 Å². The van der Waals surface area contributed by atoms with Crippen LogP contribution in [0, 0.1) is 5.41 Å². The van der Waals surface area contributed by atoms with E-state index in [9.17, 15) is 19.8 Å². The number of carboxylic acid groups (broad SMARTS) is 1. The Kier molecular flexibility index (Phi) is 8.43. The standard InChI is InChI=1S/C25H27Cl2N3O5/c1-25(2,3)21(31)14-35-22-12-20(29-30(22)16-7-5-4-6-8-16)24(34)28-19(13-23(32)33)17-10-9-15(26)11-18(17)27/h4-12,19,21,31H,13-14H2,1-3H3,(H,28,34)(H,32,33). The lowest BCUT2D eigenvalue weighted by molar-refractivity contribution is -0.137. The van der Waals surface area contributed by atoms with Gasteiger partial charge in [0.05, 0.1) is 24.3 Å². The van der Waals surface area contributed by atoms with Crippen molar-refractivity contribution >= 4 is 35.1 Å². The summed E-state index contributed by atoms with van der Waals surface area (Å²) in [4.78, 5) is 24.6. The van der Waals surface area contributed by atoms with E-state index in [0.717, 1.165) is 0 Å². The van der Waals surface area contributed by atoms with Gasteiger partial charge in [0.15, 0.2) is 5.69 Å². The Morgan fingerprint density at radius 3 is 2.40 bits per heavy atom. The number of benzene rings is 2. The van der Waals surface area contributed by atoms with Crippen molar-refractivity contribution in [3.8, 4) is 11.6 Å². The minimum atomic E-state index is -1.11. The van der Waals surface area contributed by atoms with Gasteiger partial charge in [-0.2, -0.15) is 5.10 Å². The lowest BCUT2D eigenvalue weighted by Gasteiger charge is -2.25. The molecule has 0 radical (unpaired) electrons. The molecule has 3 rings (SSSR count). The number of rotatable bonds is 9. The van der Waals surface area contributed by atoms with Crippen molar-refractivity contribution in [3.63, 3.8) is 0 Å². The summed E-state index contributed by atoms with van der Waals surface area (Å²) in [5, 5.41) is 27.5. The van der Waals surface area contributed by atoms with Gasteiger partial charge in [-0.1, -0.05) is 68.2 Å². The second-order valence-electron chi connectivity index (χ2n) is 9.10. The fraction of sp³-hybridized carbons (Fsp3) is 0.320. The predicted octanol–water partition coefficient (Wildman–Crippen LogP) is 4.91. The molecule has 1 heterocycles. The zero-order chi connectivity index (χ0) is 25.8. The molecule has 0 saturated heterocycles. The number of nitrogens with one attached hydrogen (secondary N) is 1. The number of hydrogen-bond donors (Lipinski definition) is 3. The average Bonchev–Trinajstić information content (AvgIpc) is 3.21. The number of aliphatic carboxylic acids is 1. The maximum Gasteiger partial charge on any atom is 0.305 e. The van der Waals surface area contributed by atoms with E-state index in [2.05, 4.69) is 10.4 Å². The zero-order valence-corrected chi connectivity index (χ0v) is 21.0. The van der Waals surface area contributed by atoms with Gasteiger partial charge >= 0.3 is 5.97 Å². The number of carbonyl (C=O) groups is 2. The Labute approximate surface area is 213 Å². The van der Waals surface area contributed by atoms with Gasteiger partial charge in [0.25, 0.3) is 5.91 Å². The van der Waals surface area contributed by atoms with E-state index in [-0.39, 0.29) is 23.2 Å². The Morgan fingerprint density at radius 1 is 1.11 bits per heavy atom. The highest BCUT2D eigenvalue weighted by atomic mass is 35.5. The normalized spacial score (nSPS) is 13.2. The highest BCUT2D eigenvalue weighted by molar-refractivity contribution is 6.35. The third-order valence-electron chi connectivity index (χ3n) is 5.32. The summed E-state index contributed by atoms with van der Waals surface area (Å²) in [5.41, 5.74) is 0.669. The Bertz CT molecular complexity index is 1190. The van der Waals surface area contributed by atoms with Crippen LogP contribution in [-0.2, 0) is 4.79 Å². The summed E-state index contributed by atoms with van der Waals surface area (Å²) in [7, 11) is 0. The van der Waals surface area contributed by atoms with Crippen LogP contribution in [0.25, 0.3) is 5.69 Å². The summed E-state index contributed by atoms with van der Waals surface area (Å²) in [6.45, 7) is 5.65. The lowest BCUT2D eigenvalue weighted by Crippen LogP contribution is -2.32. The number of amides is 1. The summed E-state index contributed by atoms with van der Waals surface area (Å²) >= 11 is 12.2. The molecule has 3 N–H and O–H groups in total. The molecule has 1 aromatic heterocycles. The van der Waals surface area contributed by atoms with Gasteiger partial charge in [-0.15, -0.1) is 0 Å². The van der Waals surface area contributed by atoms with Gasteiger partial charge in [0, 0.05) is 16.1 Å². The summed E-state index contributed by atoms with van der Waals surface area (Å²) < 4.78 is 7.29. The van der Waals surface area contributed by atoms with Crippen LogP contribution in [0.4, 0.5) is 0 Å². The van der Waals surface area contributed by atoms with Crippen molar-refractivity contribution in [2.45, 2.75) is 39.3 Å². The molecule has 2 aromatic carbocycles. The van der Waals surface area contributed by atoms with Crippen LogP contribution >= 0.6 is 23.2 Å². The van der Waals surface area contributed by atoms with E-state index in [1.54, 1.807) is 24.3 Å². The largest absolute Gasteiger partial charge is 0.481 e. The average molecular weight is 520 g/mol. The number of halogens is 2. The molecule has 186 valence electrons. The minimum Gasteiger partial charge on any atom is -0.481 e. The topological polar surface area (TPSA) is 114 Å². The second kappa shape index (κ2) is 11.1. The molecule has 3 aromatic rings. The summed E-state index contributed by atoms with van der Waals surface area (Å²) in [5.74, 6) is -1.47. The number of aliphatic hydroxyl groups is 1.